The van der Waals surface area contributed by atoms with Crippen molar-refractivity contribution in [3.63, 3.8) is 0 Å². The summed E-state index contributed by atoms with van der Waals surface area (Å²) in [6.45, 7) is 0. The maximum absolute atomic E-state index is 12.2. The number of nitrogen functional groups attached to an aromatic ring is 1. The second-order valence-electron chi connectivity index (χ2n) is 8.65. The number of aromatic carboxylic acids is 2. The summed E-state index contributed by atoms with van der Waals surface area (Å²) in [5.41, 5.74) is 8.42. The van der Waals surface area contributed by atoms with Gasteiger partial charge in [-0.25, -0.2) is 9.59 Å². The lowest BCUT2D eigenvalue weighted by atomic mass is 9.90. The molecule has 0 radical (unpaired) electrons. The molecule has 0 saturated carbocycles. The fourth-order valence-electron chi connectivity index (χ4n) is 4.84. The molecule has 174 valence electrons. The highest BCUT2D eigenvalue weighted by Crippen LogP contribution is 2.43. The van der Waals surface area contributed by atoms with Crippen molar-refractivity contribution >= 4 is 61.1 Å². The summed E-state index contributed by atoms with van der Waals surface area (Å²) < 4.78 is 6.53. The van der Waals surface area contributed by atoms with Crippen molar-refractivity contribution in [1.29, 1.82) is 5.41 Å². The molecule has 7 heteroatoms. The molecule has 36 heavy (non-hydrogen) atoms. The van der Waals surface area contributed by atoms with Gasteiger partial charge < -0.3 is 25.8 Å². The topological polar surface area (TPSA) is 138 Å². The van der Waals surface area contributed by atoms with E-state index >= 15 is 0 Å². The molecule has 1 heterocycles. The normalized spacial score (nSPS) is 11.4. The van der Waals surface area contributed by atoms with Crippen molar-refractivity contribution in [2.45, 2.75) is 0 Å². The average Bonchev–Trinajstić information content (AvgIpc) is 2.86. The van der Waals surface area contributed by atoms with Crippen LogP contribution in [0.1, 0.15) is 20.7 Å². The molecule has 5 N–H and O–H groups in total. The second-order valence-corrected chi connectivity index (χ2v) is 8.65. The number of fused-ring (bicyclic) bond motifs is 6. The largest absolute Gasteiger partial charge is 0.478 e. The van der Waals surface area contributed by atoms with E-state index < -0.39 is 11.9 Å². The summed E-state index contributed by atoms with van der Waals surface area (Å²) in [5.74, 6) is -2.33. The first-order chi connectivity index (χ1) is 17.3. The van der Waals surface area contributed by atoms with E-state index in [0.29, 0.717) is 38.5 Å². The van der Waals surface area contributed by atoms with Gasteiger partial charge >= 0.3 is 11.9 Å². The number of carboxylic acid groups (broad SMARTS) is 2. The summed E-state index contributed by atoms with van der Waals surface area (Å²) in [6, 6.07) is 22.0. The molecule has 6 rings (SSSR count). The number of hydrogen-bond acceptors (Lipinski definition) is 5. The summed E-state index contributed by atoms with van der Waals surface area (Å²) in [7, 11) is 0. The van der Waals surface area contributed by atoms with Crippen LogP contribution in [0.25, 0.3) is 54.6 Å². The Hall–Kier alpha value is -5.17. The van der Waals surface area contributed by atoms with Gasteiger partial charge in [-0.1, -0.05) is 12.1 Å². The fraction of sp³-hybridized carbons (Fsp3) is 0. The molecule has 0 fully saturated rings. The minimum absolute atomic E-state index is 0.0205. The Balaban J connectivity index is 1.89. The van der Waals surface area contributed by atoms with Crippen LogP contribution in [0.3, 0.4) is 0 Å². The predicted octanol–water partition coefficient (Wildman–Crippen LogP) is 6.02. The van der Waals surface area contributed by atoms with Gasteiger partial charge in [-0.3, -0.25) is 0 Å². The zero-order valence-electron chi connectivity index (χ0n) is 18.7. The number of anilines is 1. The fourth-order valence-corrected chi connectivity index (χ4v) is 4.84. The van der Waals surface area contributed by atoms with E-state index in [2.05, 4.69) is 0 Å². The quantitative estimate of drug-likeness (QED) is 0.141. The molecule has 0 aliphatic heterocycles. The third-order valence-electron chi connectivity index (χ3n) is 6.47. The minimum atomic E-state index is -1.17. The van der Waals surface area contributed by atoms with Crippen LogP contribution in [0.15, 0.2) is 83.3 Å². The molecule has 0 saturated heterocycles. The number of nitrogens with one attached hydrogen (secondary N) is 1. The molecular formula is C29H18N2O5. The number of carbonyl (C=O) groups is 2. The van der Waals surface area contributed by atoms with E-state index in [9.17, 15) is 19.8 Å². The van der Waals surface area contributed by atoms with Crippen molar-refractivity contribution in [2.75, 3.05) is 5.73 Å². The molecule has 0 unspecified atom stereocenters. The van der Waals surface area contributed by atoms with Gasteiger partial charge in [0.2, 0.25) is 0 Å². The summed E-state index contributed by atoms with van der Waals surface area (Å²) >= 11 is 0. The maximum Gasteiger partial charge on any atom is 0.336 e. The molecular weight excluding hydrogens is 456 g/mol. The van der Waals surface area contributed by atoms with Gasteiger partial charge in [-0.05, 0) is 83.1 Å². The second kappa shape index (κ2) is 7.68. The number of carboxylic acids is 2. The lowest BCUT2D eigenvalue weighted by Gasteiger charge is -2.16. The molecule has 0 bridgehead atoms. The van der Waals surface area contributed by atoms with Crippen LogP contribution in [-0.2, 0) is 0 Å². The minimum Gasteiger partial charge on any atom is -0.478 e. The SMILES string of the molecule is N=c1ccc2c(ccc3c(-c4cc(C(=O)O)ccc4C(=O)O)c4ccc5cc(N)ccc5c4oc32)c1. The Morgan fingerprint density at radius 1 is 0.694 bits per heavy atom. The Morgan fingerprint density at radius 3 is 1.94 bits per heavy atom. The molecule has 0 amide bonds. The van der Waals surface area contributed by atoms with Gasteiger partial charge in [0.1, 0.15) is 11.2 Å². The number of hydrogen-bond donors (Lipinski definition) is 4. The van der Waals surface area contributed by atoms with Gasteiger partial charge in [0.25, 0.3) is 0 Å². The summed E-state index contributed by atoms with van der Waals surface area (Å²) in [5, 5.41) is 32.5. The van der Waals surface area contributed by atoms with Gasteiger partial charge in [0.15, 0.2) is 0 Å². The third-order valence-corrected chi connectivity index (χ3v) is 6.47. The number of rotatable bonds is 3. The van der Waals surface area contributed by atoms with E-state index in [-0.39, 0.29) is 16.7 Å². The van der Waals surface area contributed by atoms with Crippen molar-refractivity contribution < 1.29 is 24.2 Å². The standard InChI is InChI=1S/C29H18N2O5/c30-17-4-9-19-14(11-17)1-7-22-25(24-13-16(28(32)33)3-6-21(24)29(34)35)23-8-2-15-12-18(31)5-10-20(15)27(23)36-26(19)22/h1-13,30H,31H2,(H,32,33)(H,34,35). The maximum atomic E-state index is 12.2. The molecule has 1 aromatic heterocycles. The highest BCUT2D eigenvalue weighted by atomic mass is 16.4. The Morgan fingerprint density at radius 2 is 1.31 bits per heavy atom. The first kappa shape index (κ1) is 21.4. The lowest BCUT2D eigenvalue weighted by molar-refractivity contribution is 0.0682. The Kier molecular flexibility index (Phi) is 4.56. The van der Waals surface area contributed by atoms with Crippen LogP contribution in [0.4, 0.5) is 5.69 Å². The zero-order valence-corrected chi connectivity index (χ0v) is 18.7. The van der Waals surface area contributed by atoms with Crippen molar-refractivity contribution in [2.24, 2.45) is 0 Å². The van der Waals surface area contributed by atoms with E-state index in [1.165, 1.54) is 18.2 Å². The van der Waals surface area contributed by atoms with Crippen molar-refractivity contribution in [1.82, 2.24) is 0 Å². The highest BCUT2D eigenvalue weighted by molar-refractivity contribution is 6.21. The molecule has 6 aromatic rings. The molecule has 7 nitrogen and oxygen atoms in total. The van der Waals surface area contributed by atoms with E-state index in [1.54, 1.807) is 24.3 Å². The summed E-state index contributed by atoms with van der Waals surface area (Å²) in [6.07, 6.45) is 0. The third kappa shape index (κ3) is 3.18. The Bertz CT molecular complexity index is 1990. The van der Waals surface area contributed by atoms with Crippen LogP contribution in [-0.4, -0.2) is 22.2 Å². The van der Waals surface area contributed by atoms with Crippen LogP contribution in [0, 0.1) is 5.41 Å². The van der Waals surface area contributed by atoms with Crippen molar-refractivity contribution in [3.05, 3.63) is 95.3 Å². The van der Waals surface area contributed by atoms with E-state index in [1.807, 2.05) is 36.4 Å². The van der Waals surface area contributed by atoms with Gasteiger partial charge in [-0.15, -0.1) is 0 Å². The zero-order chi connectivity index (χ0) is 25.1. The Labute approximate surface area is 203 Å². The number of nitrogens with two attached hydrogens (primary N) is 1. The molecule has 5 aromatic carbocycles. The lowest BCUT2D eigenvalue weighted by Crippen LogP contribution is -2.04. The molecule has 0 atom stereocenters. The van der Waals surface area contributed by atoms with Crippen LogP contribution in [0.5, 0.6) is 0 Å². The number of benzene rings is 5. The van der Waals surface area contributed by atoms with Crippen molar-refractivity contribution in [3.8, 4) is 11.1 Å². The monoisotopic (exact) mass is 474 g/mol. The first-order valence-electron chi connectivity index (χ1n) is 11.1. The molecule has 0 aliphatic carbocycles. The van der Waals surface area contributed by atoms with Gasteiger partial charge in [-0.2, -0.15) is 0 Å². The smallest absolute Gasteiger partial charge is 0.336 e. The summed E-state index contributed by atoms with van der Waals surface area (Å²) in [4.78, 5) is 24.1. The highest BCUT2D eigenvalue weighted by Gasteiger charge is 2.22. The first-order valence-corrected chi connectivity index (χ1v) is 11.1. The molecule has 0 spiro atoms. The van der Waals surface area contributed by atoms with E-state index in [0.717, 1.165) is 21.5 Å². The molecule has 0 aliphatic rings. The van der Waals surface area contributed by atoms with Gasteiger partial charge in [0.05, 0.1) is 16.5 Å². The van der Waals surface area contributed by atoms with Crippen LogP contribution in [0.2, 0.25) is 0 Å². The van der Waals surface area contributed by atoms with Gasteiger partial charge in [0, 0.05) is 32.8 Å². The van der Waals surface area contributed by atoms with Crippen LogP contribution >= 0.6 is 0 Å². The van der Waals surface area contributed by atoms with Crippen LogP contribution < -0.4 is 11.1 Å². The average molecular weight is 474 g/mol. The predicted molar refractivity (Wildman–Crippen MR) is 138 cm³/mol. The van der Waals surface area contributed by atoms with E-state index in [4.69, 9.17) is 15.6 Å².